The summed E-state index contributed by atoms with van der Waals surface area (Å²) < 4.78 is 28.3. The molecule has 1 amide bonds. The van der Waals surface area contributed by atoms with Crippen LogP contribution in [0.3, 0.4) is 0 Å². The molecule has 0 bridgehead atoms. The predicted octanol–water partition coefficient (Wildman–Crippen LogP) is 4.96. The molecule has 7 heteroatoms. The summed E-state index contributed by atoms with van der Waals surface area (Å²) in [6, 6.07) is 11.4. The van der Waals surface area contributed by atoms with Gasteiger partial charge in [0, 0.05) is 5.56 Å². The van der Waals surface area contributed by atoms with E-state index in [9.17, 15) is 13.2 Å². The normalized spacial score (nSPS) is 17.2. The number of hydrazone groups is 1. The van der Waals surface area contributed by atoms with Crippen molar-refractivity contribution in [3.8, 4) is 0 Å². The van der Waals surface area contributed by atoms with Gasteiger partial charge in [0.05, 0.1) is 16.3 Å². The van der Waals surface area contributed by atoms with Gasteiger partial charge in [0.15, 0.2) is 0 Å². The first-order chi connectivity index (χ1) is 14.4. The predicted molar refractivity (Wildman–Crippen MR) is 125 cm³/mol. The number of nitrogens with one attached hydrogen (secondary N) is 2. The molecule has 2 aromatic rings. The Bertz CT molecular complexity index is 1180. The molecule has 164 valence electrons. The molecular formula is C24H29N3O3S. The molecule has 0 spiro atoms. The van der Waals surface area contributed by atoms with E-state index in [-0.39, 0.29) is 15.9 Å². The van der Waals surface area contributed by atoms with E-state index in [1.165, 1.54) is 17.7 Å². The van der Waals surface area contributed by atoms with E-state index in [1.54, 1.807) is 18.2 Å². The minimum Gasteiger partial charge on any atom is -0.279 e. The fraction of sp³-hybridized carbons (Fsp3) is 0.333. The fourth-order valence-corrected chi connectivity index (χ4v) is 5.07. The number of rotatable bonds is 5. The van der Waals surface area contributed by atoms with Crippen molar-refractivity contribution in [2.75, 3.05) is 4.72 Å². The average Bonchev–Trinajstić information content (AvgIpc) is 2.67. The van der Waals surface area contributed by atoms with Crippen LogP contribution in [0.4, 0.5) is 5.69 Å². The quantitative estimate of drug-likeness (QED) is 0.646. The topological polar surface area (TPSA) is 87.6 Å². The zero-order valence-corrected chi connectivity index (χ0v) is 19.4. The van der Waals surface area contributed by atoms with Crippen molar-refractivity contribution >= 4 is 27.3 Å². The second kappa shape index (κ2) is 8.67. The summed E-state index contributed by atoms with van der Waals surface area (Å²) in [7, 11) is -3.84. The van der Waals surface area contributed by atoms with Crippen LogP contribution in [0.1, 0.15) is 55.1 Å². The van der Waals surface area contributed by atoms with Crippen LogP contribution in [0.25, 0.3) is 0 Å². The van der Waals surface area contributed by atoms with Crippen LogP contribution in [-0.4, -0.2) is 20.0 Å². The molecule has 0 radical (unpaired) electrons. The van der Waals surface area contributed by atoms with Crippen molar-refractivity contribution in [3.05, 3.63) is 70.8 Å². The van der Waals surface area contributed by atoms with Gasteiger partial charge in [0.25, 0.3) is 15.9 Å². The summed E-state index contributed by atoms with van der Waals surface area (Å²) in [4.78, 5) is 12.6. The van der Waals surface area contributed by atoms with Gasteiger partial charge in [-0.15, -0.1) is 0 Å². The first-order valence-corrected chi connectivity index (χ1v) is 11.7. The SMILES string of the molecule is CC1=C/C(=N\NC(=O)c2cccc(S(=O)(=O)Nc3ccc(C)cc3C)c2)CC(C)(C)C1. The lowest BCUT2D eigenvalue weighted by Gasteiger charge is -2.29. The van der Waals surface area contributed by atoms with Crippen molar-refractivity contribution in [3.63, 3.8) is 0 Å². The fourth-order valence-electron chi connectivity index (χ4n) is 3.89. The van der Waals surface area contributed by atoms with Crippen LogP contribution >= 0.6 is 0 Å². The Morgan fingerprint density at radius 2 is 1.77 bits per heavy atom. The number of hydrogen-bond acceptors (Lipinski definition) is 4. The molecule has 2 aromatic carbocycles. The Morgan fingerprint density at radius 3 is 2.45 bits per heavy atom. The van der Waals surface area contributed by atoms with E-state index >= 15 is 0 Å². The number of anilines is 1. The van der Waals surface area contributed by atoms with Gasteiger partial charge in [0.1, 0.15) is 0 Å². The summed E-state index contributed by atoms with van der Waals surface area (Å²) in [6.45, 7) is 10.2. The number of allylic oxidation sites excluding steroid dienone is 2. The van der Waals surface area contributed by atoms with Gasteiger partial charge in [-0.3, -0.25) is 9.52 Å². The summed E-state index contributed by atoms with van der Waals surface area (Å²) in [5, 5.41) is 4.26. The first-order valence-electron chi connectivity index (χ1n) is 10.2. The van der Waals surface area contributed by atoms with E-state index < -0.39 is 15.9 Å². The summed E-state index contributed by atoms with van der Waals surface area (Å²) in [6.07, 6.45) is 3.74. The van der Waals surface area contributed by atoms with E-state index in [0.717, 1.165) is 29.7 Å². The number of sulfonamides is 1. The third kappa shape index (κ3) is 5.82. The van der Waals surface area contributed by atoms with E-state index in [1.807, 2.05) is 32.1 Å². The lowest BCUT2D eigenvalue weighted by Crippen LogP contribution is -2.25. The highest BCUT2D eigenvalue weighted by molar-refractivity contribution is 7.92. The van der Waals surface area contributed by atoms with Crippen LogP contribution in [0.15, 0.2) is 64.1 Å². The smallest absolute Gasteiger partial charge is 0.271 e. The Kier molecular flexibility index (Phi) is 6.36. The van der Waals surface area contributed by atoms with Crippen molar-refractivity contribution in [2.45, 2.75) is 52.4 Å². The molecular weight excluding hydrogens is 410 g/mol. The zero-order chi connectivity index (χ0) is 22.8. The highest BCUT2D eigenvalue weighted by atomic mass is 32.2. The standard InChI is InChI=1S/C24H29N3O3S/c1-16-9-10-22(18(3)11-16)27-31(29,30)21-8-6-7-19(13-21)23(28)26-25-20-12-17(2)14-24(4,5)15-20/h6-13,27H,14-15H2,1-5H3,(H,26,28)/b25-20+. The number of carbonyl (C=O) groups is 1. The maximum absolute atomic E-state index is 12.8. The van der Waals surface area contributed by atoms with Crippen LogP contribution < -0.4 is 10.1 Å². The van der Waals surface area contributed by atoms with E-state index in [0.29, 0.717) is 5.69 Å². The maximum Gasteiger partial charge on any atom is 0.271 e. The van der Waals surface area contributed by atoms with E-state index in [4.69, 9.17) is 0 Å². The van der Waals surface area contributed by atoms with Gasteiger partial charge in [-0.05, 0) is 74.9 Å². The van der Waals surface area contributed by atoms with Crippen LogP contribution in [0, 0.1) is 19.3 Å². The average molecular weight is 440 g/mol. The van der Waals surface area contributed by atoms with Crippen LogP contribution in [0.2, 0.25) is 0 Å². The molecule has 0 aliphatic heterocycles. The van der Waals surface area contributed by atoms with Crippen molar-refractivity contribution in [1.29, 1.82) is 0 Å². The van der Waals surface area contributed by atoms with Crippen molar-refractivity contribution < 1.29 is 13.2 Å². The Hall–Kier alpha value is -2.93. The van der Waals surface area contributed by atoms with Crippen LogP contribution in [0.5, 0.6) is 0 Å². The number of hydrogen-bond donors (Lipinski definition) is 2. The lowest BCUT2D eigenvalue weighted by molar-refractivity contribution is 0.0954. The molecule has 31 heavy (non-hydrogen) atoms. The molecule has 0 fully saturated rings. The van der Waals surface area contributed by atoms with Gasteiger partial charge in [0.2, 0.25) is 0 Å². The number of aryl methyl sites for hydroxylation is 2. The van der Waals surface area contributed by atoms with Gasteiger partial charge in [-0.1, -0.05) is 43.2 Å². The third-order valence-corrected chi connectivity index (χ3v) is 6.53. The molecule has 0 atom stereocenters. The molecule has 0 unspecified atom stereocenters. The van der Waals surface area contributed by atoms with Gasteiger partial charge < -0.3 is 0 Å². The lowest BCUT2D eigenvalue weighted by atomic mass is 9.77. The molecule has 0 aromatic heterocycles. The van der Waals surface area contributed by atoms with Gasteiger partial charge in [-0.25, -0.2) is 13.8 Å². The van der Waals surface area contributed by atoms with Gasteiger partial charge >= 0.3 is 0 Å². The Balaban J connectivity index is 1.78. The number of amides is 1. The number of benzene rings is 2. The zero-order valence-electron chi connectivity index (χ0n) is 18.6. The highest BCUT2D eigenvalue weighted by Gasteiger charge is 2.25. The molecule has 0 saturated heterocycles. The maximum atomic E-state index is 12.8. The first kappa shape index (κ1) is 22.7. The summed E-state index contributed by atoms with van der Waals surface area (Å²) in [5.41, 5.74) is 7.29. The monoisotopic (exact) mass is 439 g/mol. The minimum absolute atomic E-state index is 0.0160. The number of nitrogens with zero attached hydrogens (tertiary/aromatic N) is 1. The second-order valence-corrected chi connectivity index (χ2v) is 10.7. The highest BCUT2D eigenvalue weighted by Crippen LogP contribution is 2.33. The molecule has 6 nitrogen and oxygen atoms in total. The number of carbonyl (C=O) groups excluding carboxylic acids is 1. The molecule has 1 aliphatic carbocycles. The van der Waals surface area contributed by atoms with E-state index in [2.05, 4.69) is 36.0 Å². The van der Waals surface area contributed by atoms with Crippen LogP contribution in [-0.2, 0) is 10.0 Å². The van der Waals surface area contributed by atoms with Gasteiger partial charge in [-0.2, -0.15) is 5.10 Å². The molecule has 3 rings (SSSR count). The molecule has 0 heterocycles. The largest absolute Gasteiger partial charge is 0.279 e. The summed E-state index contributed by atoms with van der Waals surface area (Å²) >= 11 is 0. The van der Waals surface area contributed by atoms with Crippen molar-refractivity contribution in [2.24, 2.45) is 10.5 Å². The molecule has 1 aliphatic rings. The molecule has 0 saturated carbocycles. The minimum atomic E-state index is -3.84. The van der Waals surface area contributed by atoms with Crippen molar-refractivity contribution in [1.82, 2.24) is 5.43 Å². The second-order valence-electron chi connectivity index (χ2n) is 9.00. The third-order valence-electron chi connectivity index (χ3n) is 5.16. The molecule has 2 N–H and O–H groups in total. The summed E-state index contributed by atoms with van der Waals surface area (Å²) in [5.74, 6) is -0.453. The Labute approximate surface area is 184 Å². The Morgan fingerprint density at radius 1 is 1.03 bits per heavy atom.